The van der Waals surface area contributed by atoms with Crippen LogP contribution in [0, 0.1) is 5.82 Å². The van der Waals surface area contributed by atoms with Gasteiger partial charge in [0.15, 0.2) is 0 Å². The fourth-order valence-electron chi connectivity index (χ4n) is 4.18. The Morgan fingerprint density at radius 1 is 1.11 bits per heavy atom. The summed E-state index contributed by atoms with van der Waals surface area (Å²) in [5, 5.41) is 2.46. The molecule has 1 aliphatic rings. The van der Waals surface area contributed by atoms with Crippen molar-refractivity contribution in [1.82, 2.24) is 15.1 Å². The number of carbonyl (C=O) groups is 3. The number of esters is 1. The molecule has 0 spiro atoms. The molecule has 1 unspecified atom stereocenters. The highest BCUT2D eigenvalue weighted by Gasteiger charge is 2.32. The average molecular weight is 536 g/mol. The molecule has 1 heterocycles. The highest BCUT2D eigenvalue weighted by atomic mass is 19.4. The molecule has 2 amide bonds. The smallest absolute Gasteiger partial charge is 0.416 e. The molecule has 7 nitrogen and oxygen atoms in total. The van der Waals surface area contributed by atoms with Gasteiger partial charge in [-0.1, -0.05) is 36.4 Å². The minimum Gasteiger partial charge on any atom is -0.469 e. The van der Waals surface area contributed by atoms with E-state index in [1.807, 2.05) is 30.3 Å². The Bertz CT molecular complexity index is 1150. The van der Waals surface area contributed by atoms with E-state index in [4.69, 9.17) is 0 Å². The van der Waals surface area contributed by atoms with E-state index in [1.165, 1.54) is 7.11 Å². The van der Waals surface area contributed by atoms with Crippen molar-refractivity contribution in [2.75, 3.05) is 39.8 Å². The predicted octanol–water partition coefficient (Wildman–Crippen LogP) is 3.81. The van der Waals surface area contributed by atoms with Crippen LogP contribution in [0.5, 0.6) is 0 Å². The van der Waals surface area contributed by atoms with Gasteiger partial charge in [0.05, 0.1) is 25.3 Å². The van der Waals surface area contributed by atoms with Gasteiger partial charge in [-0.15, -0.1) is 0 Å². The van der Waals surface area contributed by atoms with Crippen LogP contribution in [0.1, 0.15) is 35.6 Å². The molecule has 2 aromatic carbocycles. The first kappa shape index (κ1) is 28.8. The molecule has 1 aliphatic heterocycles. The van der Waals surface area contributed by atoms with Crippen LogP contribution in [0.2, 0.25) is 0 Å². The lowest BCUT2D eigenvalue weighted by atomic mass is 10.0. The van der Waals surface area contributed by atoms with E-state index in [1.54, 1.807) is 4.90 Å². The quantitative estimate of drug-likeness (QED) is 0.300. The molecule has 0 saturated carbocycles. The zero-order chi connectivity index (χ0) is 27.7. The number of carbonyl (C=O) groups excluding carboxylic acids is 3. The number of nitrogens with one attached hydrogen (secondary N) is 1. The fraction of sp³-hybridized carbons (Fsp3) is 0.370. The molecule has 2 aromatic rings. The lowest BCUT2D eigenvalue weighted by Gasteiger charge is -2.42. The van der Waals surface area contributed by atoms with Crippen LogP contribution in [-0.4, -0.2) is 67.4 Å². The van der Waals surface area contributed by atoms with Gasteiger partial charge in [0.2, 0.25) is 11.8 Å². The minimum atomic E-state index is -4.67. The molecule has 0 aliphatic carbocycles. The summed E-state index contributed by atoms with van der Waals surface area (Å²) in [6.45, 7) is 1.93. The minimum absolute atomic E-state index is 0.188. The maximum absolute atomic E-state index is 14.0. The molecule has 0 radical (unpaired) electrons. The molecule has 1 saturated heterocycles. The van der Waals surface area contributed by atoms with E-state index in [9.17, 15) is 31.9 Å². The summed E-state index contributed by atoms with van der Waals surface area (Å²) in [4.78, 5) is 40.5. The molecule has 0 aromatic heterocycles. The zero-order valence-corrected chi connectivity index (χ0v) is 20.8. The highest BCUT2D eigenvalue weighted by Crippen LogP contribution is 2.30. The number of piperazine rings is 1. The largest absolute Gasteiger partial charge is 0.469 e. The number of benzene rings is 2. The Balaban J connectivity index is 1.59. The average Bonchev–Trinajstić information content (AvgIpc) is 2.90. The molecule has 0 bridgehead atoms. The van der Waals surface area contributed by atoms with Crippen LogP contribution in [-0.2, 0) is 25.3 Å². The number of ether oxygens (including phenoxy) is 1. The molecular weight excluding hydrogens is 506 g/mol. The summed E-state index contributed by atoms with van der Waals surface area (Å²) >= 11 is 0. The van der Waals surface area contributed by atoms with Crippen LogP contribution in [0.4, 0.5) is 17.6 Å². The molecule has 11 heteroatoms. The van der Waals surface area contributed by atoms with Gasteiger partial charge in [0.25, 0.3) is 0 Å². The van der Waals surface area contributed by atoms with E-state index in [0.717, 1.165) is 29.8 Å². The molecular formula is C27H29F4N3O4. The Morgan fingerprint density at radius 2 is 1.84 bits per heavy atom. The Hall–Kier alpha value is -3.73. The summed E-state index contributed by atoms with van der Waals surface area (Å²) in [5.41, 5.74) is -0.381. The molecule has 38 heavy (non-hydrogen) atoms. The summed E-state index contributed by atoms with van der Waals surface area (Å²) in [6.07, 6.45) is -1.72. The van der Waals surface area contributed by atoms with E-state index < -0.39 is 23.5 Å². The summed E-state index contributed by atoms with van der Waals surface area (Å²) < 4.78 is 56.8. The second kappa shape index (κ2) is 13.2. The topological polar surface area (TPSA) is 79.0 Å². The summed E-state index contributed by atoms with van der Waals surface area (Å²) in [5.74, 6) is -2.38. The lowest BCUT2D eigenvalue weighted by molar-refractivity contribution is -0.141. The van der Waals surface area contributed by atoms with Gasteiger partial charge in [-0.25, -0.2) is 4.39 Å². The van der Waals surface area contributed by atoms with Gasteiger partial charge in [-0.2, -0.15) is 13.2 Å². The van der Waals surface area contributed by atoms with Crippen molar-refractivity contribution < 1.29 is 36.7 Å². The molecule has 1 fully saturated rings. The molecule has 204 valence electrons. The van der Waals surface area contributed by atoms with Crippen molar-refractivity contribution in [3.63, 3.8) is 0 Å². The van der Waals surface area contributed by atoms with Crippen molar-refractivity contribution in [3.8, 4) is 0 Å². The SMILES string of the molecule is COC(=O)CCCN1CCN(C(=O)CNC(=O)/C=C/c2ccc(C(F)(F)F)cc2F)C(c2ccccc2)C1. The van der Waals surface area contributed by atoms with Crippen molar-refractivity contribution in [2.24, 2.45) is 0 Å². The van der Waals surface area contributed by atoms with Crippen molar-refractivity contribution >= 4 is 23.9 Å². The highest BCUT2D eigenvalue weighted by molar-refractivity contribution is 5.94. The third-order valence-electron chi connectivity index (χ3n) is 6.21. The van der Waals surface area contributed by atoms with Gasteiger partial charge in [-0.05, 0) is 36.7 Å². The van der Waals surface area contributed by atoms with Gasteiger partial charge < -0.3 is 15.0 Å². The first-order valence-electron chi connectivity index (χ1n) is 12.0. The monoisotopic (exact) mass is 535 g/mol. The maximum Gasteiger partial charge on any atom is 0.416 e. The summed E-state index contributed by atoms with van der Waals surface area (Å²) in [7, 11) is 1.35. The Morgan fingerprint density at radius 3 is 2.50 bits per heavy atom. The number of rotatable bonds is 9. The molecule has 3 rings (SSSR count). The Kier molecular flexibility index (Phi) is 10.0. The van der Waals surface area contributed by atoms with E-state index in [0.29, 0.717) is 45.1 Å². The summed E-state index contributed by atoms with van der Waals surface area (Å²) in [6, 6.07) is 11.2. The van der Waals surface area contributed by atoms with Crippen LogP contribution in [0.3, 0.4) is 0 Å². The predicted molar refractivity (Wildman–Crippen MR) is 132 cm³/mol. The molecule has 1 N–H and O–H groups in total. The number of nitrogens with zero attached hydrogens (tertiary/aromatic N) is 2. The fourth-order valence-corrected chi connectivity index (χ4v) is 4.18. The van der Waals surface area contributed by atoms with E-state index >= 15 is 0 Å². The van der Waals surface area contributed by atoms with E-state index in [2.05, 4.69) is 15.0 Å². The Labute approximate surface area is 218 Å². The van der Waals surface area contributed by atoms with Gasteiger partial charge >= 0.3 is 12.1 Å². The first-order chi connectivity index (χ1) is 18.1. The van der Waals surface area contributed by atoms with Crippen molar-refractivity contribution in [3.05, 3.63) is 77.1 Å². The number of amides is 2. The van der Waals surface area contributed by atoms with Crippen LogP contribution < -0.4 is 5.32 Å². The zero-order valence-electron chi connectivity index (χ0n) is 20.8. The normalized spacial score (nSPS) is 16.4. The van der Waals surface area contributed by atoms with Gasteiger partial charge in [0, 0.05) is 37.7 Å². The van der Waals surface area contributed by atoms with Crippen LogP contribution in [0.15, 0.2) is 54.6 Å². The lowest BCUT2D eigenvalue weighted by Crippen LogP contribution is -2.52. The maximum atomic E-state index is 14.0. The van der Waals surface area contributed by atoms with Gasteiger partial charge in [0.1, 0.15) is 5.82 Å². The third-order valence-corrected chi connectivity index (χ3v) is 6.21. The third kappa shape index (κ3) is 8.14. The van der Waals surface area contributed by atoms with Crippen molar-refractivity contribution in [1.29, 1.82) is 0 Å². The second-order valence-corrected chi connectivity index (χ2v) is 8.78. The van der Waals surface area contributed by atoms with Crippen LogP contribution >= 0.6 is 0 Å². The van der Waals surface area contributed by atoms with Gasteiger partial charge in [-0.3, -0.25) is 19.3 Å². The van der Waals surface area contributed by atoms with Crippen LogP contribution in [0.25, 0.3) is 6.08 Å². The number of halogens is 4. The molecule has 1 atom stereocenters. The standard InChI is InChI=1S/C27H29F4N3O4/c1-38-26(37)8-5-13-33-14-15-34(23(18-33)20-6-3-2-4-7-20)25(36)17-32-24(35)12-10-19-9-11-21(16-22(19)28)27(29,30)31/h2-4,6-7,9-12,16,23H,5,8,13-15,17-18H2,1H3,(H,32,35)/b12-10+. The number of hydrogen-bond acceptors (Lipinski definition) is 5. The first-order valence-corrected chi connectivity index (χ1v) is 12.0. The van der Waals surface area contributed by atoms with E-state index in [-0.39, 0.29) is 30.0 Å². The number of methoxy groups -OCH3 is 1. The van der Waals surface area contributed by atoms with Crippen molar-refractivity contribution in [2.45, 2.75) is 25.1 Å². The number of alkyl halides is 3. The number of hydrogen-bond donors (Lipinski definition) is 1. The second-order valence-electron chi connectivity index (χ2n) is 8.78.